The number of carbonyl (C=O) groups excluding carboxylic acids is 1. The molecule has 0 aliphatic carbocycles. The molecule has 0 radical (unpaired) electrons. The summed E-state index contributed by atoms with van der Waals surface area (Å²) >= 11 is 1.67. The summed E-state index contributed by atoms with van der Waals surface area (Å²) in [7, 11) is 0. The topological polar surface area (TPSA) is 48.5 Å². The molecule has 2 aromatic rings. The largest absolute Gasteiger partial charge is 0.348 e. The molecule has 25 heavy (non-hydrogen) atoms. The average molecular weight is 359 g/mol. The van der Waals surface area contributed by atoms with Crippen LogP contribution in [-0.2, 0) is 4.79 Å². The molecule has 3 rings (SSSR count). The number of piperazine rings is 1. The lowest BCUT2D eigenvalue weighted by atomic mass is 10.0. The number of anilines is 1. The molecule has 0 unspecified atom stereocenters. The standard InChI is InChI=1S/C19H26N4OS/c1-3-17(16-6-4-15(2)5-7-16)21-18(24)14-22-9-11-23(12-10-22)19-20-8-13-25-19/h4-8,13,17H,3,9-12,14H2,1-2H3,(H,21,24)/t17-/m0/s1. The summed E-state index contributed by atoms with van der Waals surface area (Å²) in [4.78, 5) is 21.3. The fraction of sp³-hybridized carbons (Fsp3) is 0.474. The zero-order valence-electron chi connectivity index (χ0n) is 14.9. The Morgan fingerprint density at radius 2 is 1.96 bits per heavy atom. The average Bonchev–Trinajstić information content (AvgIpc) is 3.16. The monoisotopic (exact) mass is 358 g/mol. The minimum atomic E-state index is 0.0877. The molecule has 1 aromatic heterocycles. The number of nitrogens with zero attached hydrogens (tertiary/aromatic N) is 3. The number of rotatable bonds is 6. The van der Waals surface area contributed by atoms with E-state index in [0.29, 0.717) is 6.54 Å². The lowest BCUT2D eigenvalue weighted by Gasteiger charge is -2.34. The minimum Gasteiger partial charge on any atom is -0.348 e. The predicted molar refractivity (Wildman–Crippen MR) is 103 cm³/mol. The first-order valence-corrected chi connectivity index (χ1v) is 9.76. The molecule has 1 N–H and O–H groups in total. The highest BCUT2D eigenvalue weighted by atomic mass is 32.1. The number of thiazole rings is 1. The van der Waals surface area contributed by atoms with Crippen LogP contribution in [-0.4, -0.2) is 48.5 Å². The van der Waals surface area contributed by atoms with E-state index in [1.807, 2.05) is 11.6 Å². The first-order chi connectivity index (χ1) is 12.2. The molecule has 2 heterocycles. The smallest absolute Gasteiger partial charge is 0.234 e. The van der Waals surface area contributed by atoms with Crippen LogP contribution < -0.4 is 10.2 Å². The van der Waals surface area contributed by atoms with E-state index in [1.165, 1.54) is 11.1 Å². The van der Waals surface area contributed by atoms with Crippen molar-refractivity contribution in [3.05, 3.63) is 47.0 Å². The number of hydrogen-bond donors (Lipinski definition) is 1. The van der Waals surface area contributed by atoms with Crippen LogP contribution in [0, 0.1) is 6.92 Å². The number of aryl methyl sites for hydroxylation is 1. The zero-order valence-corrected chi connectivity index (χ0v) is 15.8. The molecule has 1 saturated heterocycles. The molecule has 1 fully saturated rings. The molecule has 0 spiro atoms. The van der Waals surface area contributed by atoms with Crippen LogP contribution in [0.5, 0.6) is 0 Å². The third-order valence-corrected chi connectivity index (χ3v) is 5.48. The van der Waals surface area contributed by atoms with E-state index in [1.54, 1.807) is 11.3 Å². The number of benzene rings is 1. The number of nitrogens with one attached hydrogen (secondary N) is 1. The first-order valence-electron chi connectivity index (χ1n) is 8.88. The Labute approximate surface area is 153 Å². The van der Waals surface area contributed by atoms with Crippen molar-refractivity contribution in [2.24, 2.45) is 0 Å². The molecule has 6 heteroatoms. The van der Waals surface area contributed by atoms with Gasteiger partial charge in [0, 0.05) is 37.8 Å². The Morgan fingerprint density at radius 1 is 1.24 bits per heavy atom. The summed E-state index contributed by atoms with van der Waals surface area (Å²) in [6.07, 6.45) is 2.74. The third-order valence-electron chi connectivity index (χ3n) is 4.65. The van der Waals surface area contributed by atoms with Gasteiger partial charge >= 0.3 is 0 Å². The molecule has 1 atom stereocenters. The molecule has 1 aliphatic heterocycles. The van der Waals surface area contributed by atoms with Crippen molar-refractivity contribution in [1.29, 1.82) is 0 Å². The van der Waals surface area contributed by atoms with E-state index < -0.39 is 0 Å². The normalized spacial score (nSPS) is 16.6. The van der Waals surface area contributed by atoms with E-state index in [4.69, 9.17) is 0 Å². The summed E-state index contributed by atoms with van der Waals surface area (Å²) < 4.78 is 0. The van der Waals surface area contributed by atoms with Crippen molar-refractivity contribution < 1.29 is 4.79 Å². The lowest BCUT2D eigenvalue weighted by molar-refractivity contribution is -0.123. The second-order valence-electron chi connectivity index (χ2n) is 6.52. The van der Waals surface area contributed by atoms with Crippen molar-refractivity contribution in [3.8, 4) is 0 Å². The van der Waals surface area contributed by atoms with Crippen LogP contribution in [0.4, 0.5) is 5.13 Å². The van der Waals surface area contributed by atoms with Gasteiger partial charge in [-0.3, -0.25) is 9.69 Å². The van der Waals surface area contributed by atoms with Crippen molar-refractivity contribution in [3.63, 3.8) is 0 Å². The van der Waals surface area contributed by atoms with Crippen molar-refractivity contribution >= 4 is 22.4 Å². The predicted octanol–water partition coefficient (Wildman–Crippen LogP) is 2.84. The van der Waals surface area contributed by atoms with Crippen LogP contribution in [0.2, 0.25) is 0 Å². The van der Waals surface area contributed by atoms with E-state index in [-0.39, 0.29) is 11.9 Å². The Balaban J connectivity index is 1.48. The quantitative estimate of drug-likeness (QED) is 0.863. The van der Waals surface area contributed by atoms with Crippen LogP contribution in [0.15, 0.2) is 35.8 Å². The van der Waals surface area contributed by atoms with Gasteiger partial charge in [-0.15, -0.1) is 11.3 Å². The van der Waals surface area contributed by atoms with Gasteiger partial charge in [0.15, 0.2) is 5.13 Å². The van der Waals surface area contributed by atoms with Gasteiger partial charge < -0.3 is 10.2 Å². The van der Waals surface area contributed by atoms with Gasteiger partial charge in [0.05, 0.1) is 12.6 Å². The third kappa shape index (κ3) is 4.80. The van der Waals surface area contributed by atoms with Gasteiger partial charge in [-0.1, -0.05) is 36.8 Å². The van der Waals surface area contributed by atoms with Gasteiger partial charge in [-0.2, -0.15) is 0 Å². The van der Waals surface area contributed by atoms with Crippen LogP contribution in [0.25, 0.3) is 0 Å². The van der Waals surface area contributed by atoms with E-state index in [0.717, 1.165) is 37.7 Å². The molecule has 1 aromatic carbocycles. The van der Waals surface area contributed by atoms with E-state index in [9.17, 15) is 4.79 Å². The fourth-order valence-corrected chi connectivity index (χ4v) is 3.83. The van der Waals surface area contributed by atoms with Gasteiger partial charge in [-0.05, 0) is 18.9 Å². The molecular formula is C19H26N4OS. The number of aromatic nitrogens is 1. The van der Waals surface area contributed by atoms with E-state index in [2.05, 4.69) is 58.2 Å². The highest BCUT2D eigenvalue weighted by Gasteiger charge is 2.21. The van der Waals surface area contributed by atoms with Crippen molar-refractivity contribution in [1.82, 2.24) is 15.2 Å². The minimum absolute atomic E-state index is 0.0877. The van der Waals surface area contributed by atoms with Crippen molar-refractivity contribution in [2.45, 2.75) is 26.3 Å². The van der Waals surface area contributed by atoms with Gasteiger partial charge in [0.2, 0.25) is 5.91 Å². The molecule has 5 nitrogen and oxygen atoms in total. The Bertz CT molecular complexity index is 663. The fourth-order valence-electron chi connectivity index (χ4n) is 3.13. The molecular weight excluding hydrogens is 332 g/mol. The summed E-state index contributed by atoms with van der Waals surface area (Å²) in [6.45, 7) is 8.30. The number of hydrogen-bond acceptors (Lipinski definition) is 5. The van der Waals surface area contributed by atoms with Gasteiger partial charge in [0.25, 0.3) is 0 Å². The zero-order chi connectivity index (χ0) is 17.6. The van der Waals surface area contributed by atoms with E-state index >= 15 is 0 Å². The Morgan fingerprint density at radius 3 is 2.56 bits per heavy atom. The van der Waals surface area contributed by atoms with Crippen LogP contribution >= 0.6 is 11.3 Å². The Kier molecular flexibility index (Phi) is 6.04. The van der Waals surface area contributed by atoms with Crippen LogP contribution in [0.3, 0.4) is 0 Å². The second kappa shape index (κ2) is 8.45. The molecule has 134 valence electrons. The van der Waals surface area contributed by atoms with Crippen molar-refractivity contribution in [2.75, 3.05) is 37.6 Å². The summed E-state index contributed by atoms with van der Waals surface area (Å²) in [5, 5.41) is 6.27. The highest BCUT2D eigenvalue weighted by Crippen LogP contribution is 2.19. The molecule has 0 saturated carbocycles. The number of carbonyl (C=O) groups is 1. The maximum Gasteiger partial charge on any atom is 0.234 e. The summed E-state index contributed by atoms with van der Waals surface area (Å²) in [5.74, 6) is 0.107. The summed E-state index contributed by atoms with van der Waals surface area (Å²) in [6, 6.07) is 8.50. The molecule has 1 amide bonds. The maximum atomic E-state index is 12.5. The molecule has 0 bridgehead atoms. The van der Waals surface area contributed by atoms with Crippen LogP contribution in [0.1, 0.15) is 30.5 Å². The maximum absolute atomic E-state index is 12.5. The molecule has 1 aliphatic rings. The highest BCUT2D eigenvalue weighted by molar-refractivity contribution is 7.13. The van der Waals surface area contributed by atoms with Gasteiger partial charge in [-0.25, -0.2) is 4.98 Å². The second-order valence-corrected chi connectivity index (χ2v) is 7.39. The Hall–Kier alpha value is -1.92. The lowest BCUT2D eigenvalue weighted by Crippen LogP contribution is -2.49. The number of amides is 1. The SMILES string of the molecule is CC[C@H](NC(=O)CN1CCN(c2nccs2)CC1)c1ccc(C)cc1. The summed E-state index contributed by atoms with van der Waals surface area (Å²) in [5.41, 5.74) is 2.41. The van der Waals surface area contributed by atoms with Gasteiger partial charge in [0.1, 0.15) is 0 Å². The first kappa shape index (κ1) is 17.9.